The van der Waals surface area contributed by atoms with Crippen LogP contribution in [0.3, 0.4) is 0 Å². The first-order valence-corrected chi connectivity index (χ1v) is 8.96. The van der Waals surface area contributed by atoms with Gasteiger partial charge >= 0.3 is 6.09 Å². The van der Waals surface area contributed by atoms with E-state index in [2.05, 4.69) is 34.5 Å². The zero-order chi connectivity index (χ0) is 16.4. The molecule has 5 heteroatoms. The maximum atomic E-state index is 12.1. The van der Waals surface area contributed by atoms with Crippen molar-refractivity contribution in [1.82, 2.24) is 9.80 Å². The molecular weight excluding hydrogens is 308 g/mol. The average Bonchev–Trinajstić information content (AvgIpc) is 2.96. The van der Waals surface area contributed by atoms with Crippen LogP contribution in [0.4, 0.5) is 4.79 Å². The molecule has 1 aromatic carbocycles. The maximum absolute atomic E-state index is 12.1. The summed E-state index contributed by atoms with van der Waals surface area (Å²) < 4.78 is 6.79. The largest absolute Gasteiger partial charge is 0.444 e. The van der Waals surface area contributed by atoms with E-state index in [9.17, 15) is 4.79 Å². The van der Waals surface area contributed by atoms with E-state index in [-0.39, 0.29) is 6.09 Å². The first-order chi connectivity index (χ1) is 10.9. The van der Waals surface area contributed by atoms with Crippen LogP contribution in [0.5, 0.6) is 0 Å². The summed E-state index contributed by atoms with van der Waals surface area (Å²) in [6.45, 7) is 9.90. The molecule has 2 aromatic rings. The molecule has 1 aliphatic rings. The van der Waals surface area contributed by atoms with Crippen molar-refractivity contribution in [3.8, 4) is 0 Å². The number of thiophene rings is 1. The second kappa shape index (κ2) is 6.49. The number of carbonyl (C=O) groups excluding carboxylic acids is 1. The van der Waals surface area contributed by atoms with Crippen LogP contribution in [-0.2, 0) is 11.3 Å². The number of benzene rings is 1. The molecule has 23 heavy (non-hydrogen) atoms. The van der Waals surface area contributed by atoms with E-state index in [0.29, 0.717) is 0 Å². The van der Waals surface area contributed by atoms with E-state index in [4.69, 9.17) is 4.74 Å². The maximum Gasteiger partial charge on any atom is 0.410 e. The van der Waals surface area contributed by atoms with Gasteiger partial charge in [0.15, 0.2) is 0 Å². The van der Waals surface area contributed by atoms with E-state index in [1.165, 1.54) is 15.6 Å². The molecule has 0 saturated carbocycles. The summed E-state index contributed by atoms with van der Waals surface area (Å²) in [4.78, 5) is 16.3. The Morgan fingerprint density at radius 1 is 1.17 bits per heavy atom. The predicted octanol–water partition coefficient (Wildman–Crippen LogP) is 3.95. The summed E-state index contributed by atoms with van der Waals surface area (Å²) in [7, 11) is 0. The lowest BCUT2D eigenvalue weighted by Gasteiger charge is -2.35. The summed E-state index contributed by atoms with van der Waals surface area (Å²) in [6.07, 6.45) is -0.197. The van der Waals surface area contributed by atoms with Crippen LogP contribution < -0.4 is 0 Å². The number of nitrogens with zero attached hydrogens (tertiary/aromatic N) is 2. The van der Waals surface area contributed by atoms with Crippen molar-refractivity contribution in [3.05, 3.63) is 35.2 Å². The highest BCUT2D eigenvalue weighted by molar-refractivity contribution is 7.17. The Labute approximate surface area is 141 Å². The van der Waals surface area contributed by atoms with Gasteiger partial charge < -0.3 is 9.64 Å². The van der Waals surface area contributed by atoms with Crippen molar-refractivity contribution < 1.29 is 9.53 Å². The van der Waals surface area contributed by atoms with Gasteiger partial charge in [0.1, 0.15) is 5.60 Å². The molecule has 124 valence electrons. The second-order valence-corrected chi connectivity index (χ2v) is 7.94. The number of rotatable bonds is 2. The Kier molecular flexibility index (Phi) is 4.60. The van der Waals surface area contributed by atoms with Crippen molar-refractivity contribution in [1.29, 1.82) is 0 Å². The first-order valence-electron chi connectivity index (χ1n) is 8.08. The Balaban J connectivity index is 1.57. The molecule has 0 bridgehead atoms. The van der Waals surface area contributed by atoms with E-state index >= 15 is 0 Å². The molecule has 1 amide bonds. The monoisotopic (exact) mass is 332 g/mol. The Morgan fingerprint density at radius 3 is 2.61 bits per heavy atom. The highest BCUT2D eigenvalue weighted by atomic mass is 32.1. The quantitative estimate of drug-likeness (QED) is 0.835. The standard InChI is InChI=1S/C18H24N2O2S/c1-18(2,3)22-17(21)20-10-8-19(9-11-20)13-14-5-4-6-16-15(14)7-12-23-16/h4-7,12H,8-11,13H2,1-3H3. The highest BCUT2D eigenvalue weighted by Crippen LogP contribution is 2.25. The fraction of sp³-hybridized carbons (Fsp3) is 0.500. The summed E-state index contributed by atoms with van der Waals surface area (Å²) in [5, 5.41) is 3.50. The molecule has 0 atom stereocenters. The van der Waals surface area contributed by atoms with Gasteiger partial charge in [-0.2, -0.15) is 0 Å². The fourth-order valence-corrected chi connectivity index (χ4v) is 3.68. The number of hydrogen-bond donors (Lipinski definition) is 0. The molecular formula is C18H24N2O2S. The van der Waals surface area contributed by atoms with Gasteiger partial charge in [-0.1, -0.05) is 12.1 Å². The molecule has 0 unspecified atom stereocenters. The molecule has 1 aromatic heterocycles. The lowest BCUT2D eigenvalue weighted by atomic mass is 10.1. The fourth-order valence-electron chi connectivity index (χ4n) is 2.85. The molecule has 1 saturated heterocycles. The average molecular weight is 332 g/mol. The Bertz CT molecular complexity index is 682. The number of carbonyl (C=O) groups is 1. The molecule has 1 fully saturated rings. The third-order valence-electron chi connectivity index (χ3n) is 4.00. The van der Waals surface area contributed by atoms with Gasteiger partial charge in [-0.25, -0.2) is 4.79 Å². The van der Waals surface area contributed by atoms with Crippen LogP contribution in [0.2, 0.25) is 0 Å². The minimum absolute atomic E-state index is 0.197. The third kappa shape index (κ3) is 4.03. The van der Waals surface area contributed by atoms with Crippen molar-refractivity contribution in [3.63, 3.8) is 0 Å². The van der Waals surface area contributed by atoms with E-state index in [1.807, 2.05) is 25.7 Å². The lowest BCUT2D eigenvalue weighted by Crippen LogP contribution is -2.49. The number of hydrogen-bond acceptors (Lipinski definition) is 4. The summed E-state index contributed by atoms with van der Waals surface area (Å²) >= 11 is 1.79. The molecule has 0 N–H and O–H groups in total. The van der Waals surface area contributed by atoms with Crippen LogP contribution in [0.25, 0.3) is 10.1 Å². The Hall–Kier alpha value is -1.59. The van der Waals surface area contributed by atoms with Gasteiger partial charge in [0, 0.05) is 37.4 Å². The minimum Gasteiger partial charge on any atom is -0.444 e. The van der Waals surface area contributed by atoms with Gasteiger partial charge in [0.25, 0.3) is 0 Å². The van der Waals surface area contributed by atoms with Crippen LogP contribution in [0, 0.1) is 0 Å². The second-order valence-electron chi connectivity index (χ2n) is 6.99. The van der Waals surface area contributed by atoms with E-state index in [0.717, 1.165) is 32.7 Å². The topological polar surface area (TPSA) is 32.8 Å². The predicted molar refractivity (Wildman–Crippen MR) is 94.9 cm³/mol. The van der Waals surface area contributed by atoms with Crippen LogP contribution in [0.15, 0.2) is 29.6 Å². The lowest BCUT2D eigenvalue weighted by molar-refractivity contribution is 0.0139. The van der Waals surface area contributed by atoms with Gasteiger partial charge in [0.2, 0.25) is 0 Å². The molecule has 0 radical (unpaired) electrons. The van der Waals surface area contributed by atoms with Crippen LogP contribution in [-0.4, -0.2) is 47.7 Å². The van der Waals surface area contributed by atoms with E-state index in [1.54, 1.807) is 11.3 Å². The normalized spacial score (nSPS) is 16.7. The third-order valence-corrected chi connectivity index (χ3v) is 4.89. The molecule has 0 aliphatic carbocycles. The first kappa shape index (κ1) is 16.3. The summed E-state index contributed by atoms with van der Waals surface area (Å²) in [5.41, 5.74) is 0.942. The van der Waals surface area contributed by atoms with Crippen molar-refractivity contribution in [2.24, 2.45) is 0 Å². The van der Waals surface area contributed by atoms with E-state index < -0.39 is 5.60 Å². The zero-order valence-electron chi connectivity index (χ0n) is 14.0. The summed E-state index contributed by atoms with van der Waals surface area (Å²) in [6, 6.07) is 8.70. The number of fused-ring (bicyclic) bond motifs is 1. The van der Waals surface area contributed by atoms with Crippen molar-refractivity contribution in [2.75, 3.05) is 26.2 Å². The van der Waals surface area contributed by atoms with Crippen molar-refractivity contribution >= 4 is 27.5 Å². The highest BCUT2D eigenvalue weighted by Gasteiger charge is 2.25. The molecule has 4 nitrogen and oxygen atoms in total. The van der Waals surface area contributed by atoms with Gasteiger partial charge in [-0.3, -0.25) is 4.90 Å². The SMILES string of the molecule is CC(C)(C)OC(=O)N1CCN(Cc2cccc3sccc23)CC1. The molecule has 0 spiro atoms. The molecule has 3 rings (SSSR count). The van der Waals surface area contributed by atoms with Gasteiger partial charge in [0.05, 0.1) is 0 Å². The van der Waals surface area contributed by atoms with Gasteiger partial charge in [-0.15, -0.1) is 11.3 Å². The Morgan fingerprint density at radius 2 is 1.91 bits per heavy atom. The molecule has 1 aliphatic heterocycles. The van der Waals surface area contributed by atoms with Crippen LogP contribution in [0.1, 0.15) is 26.3 Å². The smallest absolute Gasteiger partial charge is 0.410 e. The number of amides is 1. The molecule has 2 heterocycles. The van der Waals surface area contributed by atoms with Crippen molar-refractivity contribution in [2.45, 2.75) is 32.9 Å². The number of ether oxygens (including phenoxy) is 1. The van der Waals surface area contributed by atoms with Gasteiger partial charge in [-0.05, 0) is 49.2 Å². The summed E-state index contributed by atoms with van der Waals surface area (Å²) in [5.74, 6) is 0. The van der Waals surface area contributed by atoms with Crippen LogP contribution >= 0.6 is 11.3 Å². The zero-order valence-corrected chi connectivity index (χ0v) is 14.9. The minimum atomic E-state index is -0.428. The number of piperazine rings is 1.